The summed E-state index contributed by atoms with van der Waals surface area (Å²) in [4.78, 5) is 2.36. The van der Waals surface area contributed by atoms with E-state index in [1.54, 1.807) is 0 Å². The molecule has 0 aliphatic heterocycles. The van der Waals surface area contributed by atoms with Crippen molar-refractivity contribution in [1.82, 2.24) is 0 Å². The fourth-order valence-corrected chi connectivity index (χ4v) is 2.46. The van der Waals surface area contributed by atoms with Gasteiger partial charge in [-0.05, 0) is 43.9 Å². The van der Waals surface area contributed by atoms with Crippen LogP contribution in [0, 0.1) is 0 Å². The first-order valence-electron chi connectivity index (χ1n) is 8.59. The van der Waals surface area contributed by atoms with E-state index in [0.717, 1.165) is 43.6 Å². The van der Waals surface area contributed by atoms with Crippen molar-refractivity contribution >= 4 is 11.4 Å². The number of halogens is 1. The Balaban J connectivity index is 2.82. The molecule has 4 heteroatoms. The monoisotopic (exact) mass is 310 g/mol. The molecule has 0 amide bonds. The SMILES string of the molecule is CCCCN(CCCC)c1ccc(CCOCC)c(NF)c1. The summed E-state index contributed by atoms with van der Waals surface area (Å²) >= 11 is 0. The minimum atomic E-state index is 0.565. The maximum absolute atomic E-state index is 13.1. The highest BCUT2D eigenvalue weighted by Crippen LogP contribution is 2.25. The normalized spacial score (nSPS) is 10.7. The van der Waals surface area contributed by atoms with Crippen LogP contribution >= 0.6 is 0 Å². The van der Waals surface area contributed by atoms with Crippen molar-refractivity contribution in [1.29, 1.82) is 0 Å². The molecule has 1 rings (SSSR count). The molecular weight excluding hydrogens is 279 g/mol. The minimum Gasteiger partial charge on any atom is -0.381 e. The largest absolute Gasteiger partial charge is 0.381 e. The van der Waals surface area contributed by atoms with Crippen molar-refractivity contribution in [3.63, 3.8) is 0 Å². The van der Waals surface area contributed by atoms with Gasteiger partial charge >= 0.3 is 0 Å². The van der Waals surface area contributed by atoms with E-state index in [2.05, 4.69) is 24.8 Å². The van der Waals surface area contributed by atoms with Crippen LogP contribution in [-0.4, -0.2) is 26.3 Å². The number of nitrogens with one attached hydrogen (secondary N) is 1. The Labute approximate surface area is 134 Å². The van der Waals surface area contributed by atoms with Crippen molar-refractivity contribution in [2.75, 3.05) is 36.7 Å². The second-order valence-electron chi connectivity index (χ2n) is 5.58. The van der Waals surface area contributed by atoms with E-state index in [9.17, 15) is 4.48 Å². The topological polar surface area (TPSA) is 24.5 Å². The number of ether oxygens (including phenoxy) is 1. The Bertz CT molecular complexity index is 404. The number of anilines is 2. The summed E-state index contributed by atoms with van der Waals surface area (Å²) in [5.41, 5.74) is 4.48. The van der Waals surface area contributed by atoms with Gasteiger partial charge < -0.3 is 9.64 Å². The molecule has 0 aromatic heterocycles. The first-order valence-corrected chi connectivity index (χ1v) is 8.59. The number of rotatable bonds is 12. The summed E-state index contributed by atoms with van der Waals surface area (Å²) < 4.78 is 18.5. The molecule has 0 saturated heterocycles. The molecule has 0 aliphatic rings. The lowest BCUT2D eigenvalue weighted by Crippen LogP contribution is -2.25. The van der Waals surface area contributed by atoms with Crippen LogP contribution in [0.1, 0.15) is 52.0 Å². The standard InChI is InChI=1S/C18H31FN2O/c1-4-7-12-21(13-8-5-2)17-10-9-16(11-14-22-6-3)18(15-17)20-19/h9-10,15,20H,4-8,11-14H2,1-3H3. The lowest BCUT2D eigenvalue weighted by atomic mass is 10.1. The molecule has 0 saturated carbocycles. The van der Waals surface area contributed by atoms with Crippen molar-refractivity contribution in [3.8, 4) is 0 Å². The summed E-state index contributed by atoms with van der Waals surface area (Å²) in [6.45, 7) is 9.74. The number of hydrogen-bond acceptors (Lipinski definition) is 3. The third-order valence-electron chi connectivity index (χ3n) is 3.84. The van der Waals surface area contributed by atoms with Crippen molar-refractivity contribution < 1.29 is 9.22 Å². The van der Waals surface area contributed by atoms with Gasteiger partial charge in [0.15, 0.2) is 0 Å². The molecule has 1 aromatic carbocycles. The predicted molar refractivity (Wildman–Crippen MR) is 93.4 cm³/mol. The molecule has 1 aromatic rings. The first-order chi connectivity index (χ1) is 10.8. The number of unbranched alkanes of at least 4 members (excludes halogenated alkanes) is 2. The fourth-order valence-electron chi connectivity index (χ4n) is 2.46. The van der Waals surface area contributed by atoms with Crippen LogP contribution in [0.4, 0.5) is 15.9 Å². The molecule has 0 heterocycles. The van der Waals surface area contributed by atoms with E-state index in [-0.39, 0.29) is 0 Å². The molecule has 22 heavy (non-hydrogen) atoms. The highest BCUT2D eigenvalue weighted by molar-refractivity contribution is 5.61. The van der Waals surface area contributed by atoms with Crippen LogP contribution in [0.15, 0.2) is 18.2 Å². The number of nitrogens with zero attached hydrogens (tertiary/aromatic N) is 1. The Morgan fingerprint density at radius 3 is 2.32 bits per heavy atom. The molecule has 3 nitrogen and oxygen atoms in total. The van der Waals surface area contributed by atoms with Gasteiger partial charge in [-0.1, -0.05) is 32.8 Å². The molecule has 0 aliphatic carbocycles. The first kappa shape index (κ1) is 18.8. The van der Waals surface area contributed by atoms with Gasteiger partial charge in [-0.2, -0.15) is 0 Å². The lowest BCUT2D eigenvalue weighted by Gasteiger charge is -2.25. The molecule has 0 bridgehead atoms. The van der Waals surface area contributed by atoms with Crippen LogP contribution in [0.5, 0.6) is 0 Å². The molecule has 1 N–H and O–H groups in total. The average molecular weight is 310 g/mol. The summed E-state index contributed by atoms with van der Waals surface area (Å²) in [6, 6.07) is 6.04. The fraction of sp³-hybridized carbons (Fsp3) is 0.667. The van der Waals surface area contributed by atoms with Gasteiger partial charge in [0.2, 0.25) is 0 Å². The number of hydrogen-bond donors (Lipinski definition) is 1. The van der Waals surface area contributed by atoms with Gasteiger partial charge in [0.25, 0.3) is 0 Å². The van der Waals surface area contributed by atoms with Crippen LogP contribution in [-0.2, 0) is 11.2 Å². The van der Waals surface area contributed by atoms with Gasteiger partial charge in [0, 0.05) is 25.4 Å². The van der Waals surface area contributed by atoms with Crippen LogP contribution < -0.4 is 10.4 Å². The minimum absolute atomic E-state index is 0.565. The second kappa shape index (κ2) is 11.3. The lowest BCUT2D eigenvalue weighted by molar-refractivity contribution is 0.151. The zero-order chi connectivity index (χ0) is 16.2. The molecule has 0 spiro atoms. The quantitative estimate of drug-likeness (QED) is 0.436. The van der Waals surface area contributed by atoms with E-state index in [0.29, 0.717) is 18.9 Å². The van der Waals surface area contributed by atoms with E-state index in [1.807, 2.05) is 24.6 Å². The molecule has 126 valence electrons. The van der Waals surface area contributed by atoms with Gasteiger partial charge in [0.05, 0.1) is 12.3 Å². The zero-order valence-electron chi connectivity index (χ0n) is 14.3. The van der Waals surface area contributed by atoms with E-state index >= 15 is 0 Å². The molecule has 0 fully saturated rings. The summed E-state index contributed by atoms with van der Waals surface area (Å²) in [5, 5.41) is 0. The summed E-state index contributed by atoms with van der Waals surface area (Å²) in [5.74, 6) is 0. The second-order valence-corrected chi connectivity index (χ2v) is 5.58. The summed E-state index contributed by atoms with van der Waals surface area (Å²) in [7, 11) is 0. The van der Waals surface area contributed by atoms with Crippen LogP contribution in [0.25, 0.3) is 0 Å². The maximum atomic E-state index is 13.1. The number of benzene rings is 1. The zero-order valence-corrected chi connectivity index (χ0v) is 14.3. The van der Waals surface area contributed by atoms with Gasteiger partial charge in [-0.3, -0.25) is 0 Å². The predicted octanol–water partition coefficient (Wildman–Crippen LogP) is 4.97. The molecule has 0 unspecified atom stereocenters. The smallest absolute Gasteiger partial charge is 0.0709 e. The highest BCUT2D eigenvalue weighted by Gasteiger charge is 2.10. The van der Waals surface area contributed by atoms with E-state index in [1.165, 1.54) is 12.8 Å². The Hall–Kier alpha value is -1.29. The van der Waals surface area contributed by atoms with E-state index in [4.69, 9.17) is 4.74 Å². The Kier molecular flexibility index (Phi) is 9.64. The van der Waals surface area contributed by atoms with Crippen molar-refractivity contribution in [3.05, 3.63) is 23.8 Å². The summed E-state index contributed by atoms with van der Waals surface area (Å²) in [6.07, 6.45) is 5.39. The van der Waals surface area contributed by atoms with Crippen molar-refractivity contribution in [2.24, 2.45) is 0 Å². The van der Waals surface area contributed by atoms with Gasteiger partial charge in [0.1, 0.15) is 0 Å². The average Bonchev–Trinajstić information content (AvgIpc) is 2.55. The molecular formula is C18H31FN2O. The Morgan fingerprint density at radius 2 is 1.77 bits per heavy atom. The van der Waals surface area contributed by atoms with E-state index < -0.39 is 0 Å². The van der Waals surface area contributed by atoms with Crippen molar-refractivity contribution in [2.45, 2.75) is 52.9 Å². The Morgan fingerprint density at radius 1 is 1.09 bits per heavy atom. The molecule has 0 radical (unpaired) electrons. The third kappa shape index (κ3) is 6.22. The van der Waals surface area contributed by atoms with Crippen LogP contribution in [0.3, 0.4) is 0 Å². The van der Waals surface area contributed by atoms with Gasteiger partial charge in [-0.15, -0.1) is 4.48 Å². The third-order valence-corrected chi connectivity index (χ3v) is 3.84. The molecule has 0 atom stereocenters. The maximum Gasteiger partial charge on any atom is 0.0709 e. The highest BCUT2D eigenvalue weighted by atomic mass is 19.2. The van der Waals surface area contributed by atoms with Crippen LogP contribution in [0.2, 0.25) is 0 Å². The van der Waals surface area contributed by atoms with Gasteiger partial charge in [-0.25, -0.2) is 5.54 Å².